The number of methoxy groups -OCH3 is 1. The number of hydrogen-bond acceptors (Lipinski definition) is 8. The van der Waals surface area contributed by atoms with Crippen molar-refractivity contribution in [2.75, 3.05) is 19.0 Å². The van der Waals surface area contributed by atoms with E-state index in [0.717, 1.165) is 0 Å². The SMILES string of the molecule is CCOC(=O)c1cc(NCc2ncco2)c([N+](=O)[O-])c(OC)c1. The van der Waals surface area contributed by atoms with Gasteiger partial charge in [-0.1, -0.05) is 0 Å². The zero-order valence-corrected chi connectivity index (χ0v) is 12.6. The van der Waals surface area contributed by atoms with E-state index in [1.807, 2.05) is 0 Å². The molecule has 0 amide bonds. The monoisotopic (exact) mass is 321 g/mol. The predicted octanol–water partition coefficient (Wildman–Crippen LogP) is 2.38. The number of aromatic nitrogens is 1. The van der Waals surface area contributed by atoms with Crippen molar-refractivity contribution in [1.29, 1.82) is 0 Å². The molecule has 1 aromatic heterocycles. The van der Waals surface area contributed by atoms with Crippen LogP contribution in [0.15, 0.2) is 29.0 Å². The number of nitrogens with zero attached hydrogens (tertiary/aromatic N) is 2. The van der Waals surface area contributed by atoms with Crippen LogP contribution in [0.5, 0.6) is 5.75 Å². The fourth-order valence-corrected chi connectivity index (χ4v) is 1.93. The first-order valence-corrected chi connectivity index (χ1v) is 6.72. The number of nitro benzene ring substituents is 1. The van der Waals surface area contributed by atoms with Gasteiger partial charge in [0.15, 0.2) is 5.75 Å². The molecule has 0 bridgehead atoms. The number of nitro groups is 1. The van der Waals surface area contributed by atoms with E-state index in [1.54, 1.807) is 6.92 Å². The lowest BCUT2D eigenvalue weighted by Gasteiger charge is -2.11. The highest BCUT2D eigenvalue weighted by atomic mass is 16.6. The van der Waals surface area contributed by atoms with Gasteiger partial charge in [0.1, 0.15) is 12.0 Å². The lowest BCUT2D eigenvalue weighted by molar-refractivity contribution is -0.384. The van der Waals surface area contributed by atoms with Crippen LogP contribution in [-0.2, 0) is 11.3 Å². The Bertz CT molecular complexity index is 699. The molecule has 0 aliphatic heterocycles. The highest BCUT2D eigenvalue weighted by Gasteiger charge is 2.25. The Kier molecular flexibility index (Phi) is 5.13. The van der Waals surface area contributed by atoms with Crippen molar-refractivity contribution in [1.82, 2.24) is 4.98 Å². The summed E-state index contributed by atoms with van der Waals surface area (Å²) < 4.78 is 15.0. The quantitative estimate of drug-likeness (QED) is 0.469. The van der Waals surface area contributed by atoms with Gasteiger partial charge in [0, 0.05) is 6.07 Å². The van der Waals surface area contributed by atoms with Crippen molar-refractivity contribution in [3.63, 3.8) is 0 Å². The minimum atomic E-state index is -0.597. The van der Waals surface area contributed by atoms with Crippen LogP contribution in [0.3, 0.4) is 0 Å². The minimum Gasteiger partial charge on any atom is -0.490 e. The Morgan fingerprint density at radius 3 is 2.83 bits per heavy atom. The molecule has 1 N–H and O–H groups in total. The highest BCUT2D eigenvalue weighted by molar-refractivity contribution is 5.93. The number of carbonyl (C=O) groups excluding carboxylic acids is 1. The topological polar surface area (TPSA) is 117 Å². The molecule has 0 aliphatic carbocycles. The number of hydrogen-bond donors (Lipinski definition) is 1. The maximum Gasteiger partial charge on any atom is 0.338 e. The summed E-state index contributed by atoms with van der Waals surface area (Å²) in [5.74, 6) is -0.296. The molecule has 1 heterocycles. The first kappa shape index (κ1) is 16.3. The first-order valence-electron chi connectivity index (χ1n) is 6.72. The number of esters is 1. The van der Waals surface area contributed by atoms with Gasteiger partial charge in [0.05, 0.1) is 36.9 Å². The van der Waals surface area contributed by atoms with Crippen LogP contribution in [0.4, 0.5) is 11.4 Å². The second-order valence-corrected chi connectivity index (χ2v) is 4.33. The van der Waals surface area contributed by atoms with E-state index < -0.39 is 10.9 Å². The normalized spacial score (nSPS) is 10.2. The number of anilines is 1. The van der Waals surface area contributed by atoms with Crippen molar-refractivity contribution >= 4 is 17.3 Å². The molecular weight excluding hydrogens is 306 g/mol. The van der Waals surface area contributed by atoms with Gasteiger partial charge in [-0.15, -0.1) is 0 Å². The van der Waals surface area contributed by atoms with Crippen LogP contribution in [0.2, 0.25) is 0 Å². The Hall–Kier alpha value is -3.10. The molecule has 0 saturated heterocycles. The van der Waals surface area contributed by atoms with Gasteiger partial charge in [-0.3, -0.25) is 10.1 Å². The highest BCUT2D eigenvalue weighted by Crippen LogP contribution is 2.36. The summed E-state index contributed by atoms with van der Waals surface area (Å²) >= 11 is 0. The number of benzene rings is 1. The molecular formula is C14H15N3O6. The predicted molar refractivity (Wildman–Crippen MR) is 79.4 cm³/mol. The summed E-state index contributed by atoms with van der Waals surface area (Å²) in [6.07, 6.45) is 2.85. The smallest absolute Gasteiger partial charge is 0.338 e. The molecule has 0 saturated carbocycles. The number of rotatable bonds is 7. The molecule has 0 radical (unpaired) electrons. The third-order valence-electron chi connectivity index (χ3n) is 2.90. The average molecular weight is 321 g/mol. The second kappa shape index (κ2) is 7.25. The van der Waals surface area contributed by atoms with Crippen LogP contribution in [-0.4, -0.2) is 29.6 Å². The standard InChI is InChI=1S/C14H15N3O6/c1-3-22-14(18)9-6-10(16-8-12-15-4-5-23-12)13(17(19)20)11(7-9)21-2/h4-7,16H,3,8H2,1-2H3. The molecule has 9 heteroatoms. The Balaban J connectivity index is 2.40. The van der Waals surface area contributed by atoms with Gasteiger partial charge >= 0.3 is 11.7 Å². The van der Waals surface area contributed by atoms with Crippen LogP contribution in [0.1, 0.15) is 23.2 Å². The molecule has 2 aromatic rings. The third-order valence-corrected chi connectivity index (χ3v) is 2.90. The molecule has 23 heavy (non-hydrogen) atoms. The summed E-state index contributed by atoms with van der Waals surface area (Å²) in [4.78, 5) is 26.5. The maximum atomic E-state index is 11.9. The van der Waals surface area contributed by atoms with E-state index in [1.165, 1.54) is 31.7 Å². The van der Waals surface area contributed by atoms with Gasteiger partial charge in [-0.05, 0) is 13.0 Å². The average Bonchev–Trinajstić information content (AvgIpc) is 3.05. The van der Waals surface area contributed by atoms with Crippen molar-refractivity contribution < 1.29 is 23.6 Å². The van der Waals surface area contributed by atoms with Crippen molar-refractivity contribution in [2.45, 2.75) is 13.5 Å². The zero-order chi connectivity index (χ0) is 16.8. The zero-order valence-electron chi connectivity index (χ0n) is 12.6. The Morgan fingerprint density at radius 1 is 1.48 bits per heavy atom. The van der Waals surface area contributed by atoms with Crippen molar-refractivity contribution in [3.8, 4) is 5.75 Å². The van der Waals surface area contributed by atoms with Crippen LogP contribution >= 0.6 is 0 Å². The van der Waals surface area contributed by atoms with Crippen molar-refractivity contribution in [3.05, 3.63) is 46.2 Å². The molecule has 0 aliphatic rings. The molecule has 0 atom stereocenters. The second-order valence-electron chi connectivity index (χ2n) is 4.33. The van der Waals surface area contributed by atoms with Crippen LogP contribution in [0, 0.1) is 10.1 Å². The largest absolute Gasteiger partial charge is 0.490 e. The third kappa shape index (κ3) is 3.76. The number of nitrogens with one attached hydrogen (secondary N) is 1. The van der Waals surface area contributed by atoms with E-state index in [-0.39, 0.29) is 35.8 Å². The molecule has 122 valence electrons. The maximum absolute atomic E-state index is 11.9. The van der Waals surface area contributed by atoms with Gasteiger partial charge in [0.2, 0.25) is 5.89 Å². The van der Waals surface area contributed by atoms with Gasteiger partial charge in [-0.2, -0.15) is 0 Å². The number of carbonyl (C=O) groups is 1. The summed E-state index contributed by atoms with van der Waals surface area (Å²) in [6.45, 7) is 1.97. The lowest BCUT2D eigenvalue weighted by Crippen LogP contribution is -2.09. The van der Waals surface area contributed by atoms with Gasteiger partial charge in [0.25, 0.3) is 0 Å². The van der Waals surface area contributed by atoms with Gasteiger partial charge < -0.3 is 19.2 Å². The first-order chi connectivity index (χ1) is 11.1. The molecule has 0 unspecified atom stereocenters. The Labute approximate surface area is 131 Å². The van der Waals surface area contributed by atoms with Crippen LogP contribution in [0.25, 0.3) is 0 Å². The van der Waals surface area contributed by atoms with Crippen LogP contribution < -0.4 is 10.1 Å². The lowest BCUT2D eigenvalue weighted by atomic mass is 10.1. The summed E-state index contributed by atoms with van der Waals surface area (Å²) in [5, 5.41) is 14.1. The van der Waals surface area contributed by atoms with Crippen molar-refractivity contribution in [2.24, 2.45) is 0 Å². The van der Waals surface area contributed by atoms with E-state index in [4.69, 9.17) is 13.9 Å². The van der Waals surface area contributed by atoms with E-state index >= 15 is 0 Å². The molecule has 2 rings (SSSR count). The Morgan fingerprint density at radius 2 is 2.26 bits per heavy atom. The molecule has 0 fully saturated rings. The molecule has 9 nitrogen and oxygen atoms in total. The number of oxazole rings is 1. The minimum absolute atomic E-state index is 0.0459. The number of ether oxygens (including phenoxy) is 2. The molecule has 0 spiro atoms. The summed E-state index contributed by atoms with van der Waals surface area (Å²) in [6, 6.07) is 2.61. The fourth-order valence-electron chi connectivity index (χ4n) is 1.93. The fraction of sp³-hybridized carbons (Fsp3) is 0.286. The summed E-state index contributed by atoms with van der Waals surface area (Å²) in [7, 11) is 1.29. The van der Waals surface area contributed by atoms with E-state index in [2.05, 4.69) is 10.3 Å². The summed E-state index contributed by atoms with van der Waals surface area (Å²) in [5.41, 5.74) is -0.0353. The van der Waals surface area contributed by atoms with E-state index in [9.17, 15) is 14.9 Å². The van der Waals surface area contributed by atoms with Gasteiger partial charge in [-0.25, -0.2) is 9.78 Å². The van der Waals surface area contributed by atoms with E-state index in [0.29, 0.717) is 5.89 Å². The molecule has 1 aromatic carbocycles.